The van der Waals surface area contributed by atoms with Gasteiger partial charge in [0.15, 0.2) is 5.82 Å². The maximum Gasteiger partial charge on any atom is 0.303 e. The molecule has 0 atom stereocenters. The summed E-state index contributed by atoms with van der Waals surface area (Å²) >= 11 is 0. The van der Waals surface area contributed by atoms with Crippen LogP contribution in [-0.2, 0) is 11.3 Å². The molecule has 2 aromatic carbocycles. The number of benzene rings is 2. The first-order valence-electron chi connectivity index (χ1n) is 9.83. The molecule has 1 heterocycles. The number of nitrogens with zero attached hydrogens (tertiary/aromatic N) is 4. The van der Waals surface area contributed by atoms with Gasteiger partial charge in [0.05, 0.1) is 5.92 Å². The molecule has 3 aromatic rings. The number of carboxylic acids is 1. The Morgan fingerprint density at radius 1 is 0.857 bits per heavy atom. The van der Waals surface area contributed by atoms with Crippen LogP contribution >= 0.6 is 0 Å². The predicted molar refractivity (Wildman–Crippen MR) is 107 cm³/mol. The number of carboxylic acid groups (broad SMARTS) is 1. The minimum atomic E-state index is -0.716. The Balaban J connectivity index is 1.66. The van der Waals surface area contributed by atoms with Crippen LogP contribution in [0.5, 0.6) is 0 Å². The topological polar surface area (TPSA) is 80.9 Å². The van der Waals surface area contributed by atoms with E-state index in [-0.39, 0.29) is 12.3 Å². The lowest BCUT2D eigenvalue weighted by atomic mass is 9.90. The van der Waals surface area contributed by atoms with Crippen molar-refractivity contribution in [1.29, 1.82) is 0 Å². The van der Waals surface area contributed by atoms with Gasteiger partial charge >= 0.3 is 5.97 Å². The van der Waals surface area contributed by atoms with Gasteiger partial charge in [0.2, 0.25) is 0 Å². The van der Waals surface area contributed by atoms with Gasteiger partial charge in [-0.05, 0) is 34.4 Å². The van der Waals surface area contributed by atoms with Crippen molar-refractivity contribution in [3.63, 3.8) is 0 Å². The zero-order chi connectivity index (χ0) is 19.6. The van der Waals surface area contributed by atoms with Crippen LogP contribution in [0.1, 0.15) is 61.4 Å². The molecule has 0 spiro atoms. The maximum absolute atomic E-state index is 10.6. The van der Waals surface area contributed by atoms with Crippen molar-refractivity contribution < 1.29 is 9.90 Å². The number of carbonyl (C=O) groups is 1. The molecule has 0 fully saturated rings. The molecular weight excluding hydrogens is 352 g/mol. The van der Waals surface area contributed by atoms with Gasteiger partial charge in [-0.25, -0.2) is 4.68 Å². The number of hydrogen-bond acceptors (Lipinski definition) is 4. The van der Waals surface area contributed by atoms with Crippen molar-refractivity contribution in [2.75, 3.05) is 0 Å². The first-order valence-corrected chi connectivity index (χ1v) is 9.83. The highest BCUT2D eigenvalue weighted by atomic mass is 16.4. The fourth-order valence-electron chi connectivity index (χ4n) is 3.43. The molecular formula is C22H26N4O2. The van der Waals surface area contributed by atoms with Crippen molar-refractivity contribution in [1.82, 2.24) is 20.2 Å². The zero-order valence-corrected chi connectivity index (χ0v) is 15.9. The molecule has 0 bridgehead atoms. The maximum atomic E-state index is 10.6. The van der Waals surface area contributed by atoms with E-state index in [2.05, 4.69) is 39.8 Å². The van der Waals surface area contributed by atoms with Gasteiger partial charge in [0.1, 0.15) is 0 Å². The summed E-state index contributed by atoms with van der Waals surface area (Å²) in [5.74, 6) is 0.127. The first-order chi connectivity index (χ1) is 13.8. The van der Waals surface area contributed by atoms with E-state index in [0.29, 0.717) is 0 Å². The Bertz CT molecular complexity index is 810. The Labute approximate surface area is 165 Å². The third kappa shape index (κ3) is 5.49. The highest BCUT2D eigenvalue weighted by Crippen LogP contribution is 2.30. The van der Waals surface area contributed by atoms with E-state index >= 15 is 0 Å². The summed E-state index contributed by atoms with van der Waals surface area (Å²) in [5.41, 5.74) is 2.33. The van der Waals surface area contributed by atoms with E-state index < -0.39 is 5.97 Å². The Hall–Kier alpha value is -3.02. The summed E-state index contributed by atoms with van der Waals surface area (Å²) in [6.07, 6.45) is 5.00. The molecule has 1 N–H and O–H groups in total. The van der Waals surface area contributed by atoms with Crippen molar-refractivity contribution in [2.45, 2.75) is 51.0 Å². The summed E-state index contributed by atoms with van der Waals surface area (Å²) in [7, 11) is 0. The summed E-state index contributed by atoms with van der Waals surface area (Å²) in [6.45, 7) is 0.761. The van der Waals surface area contributed by atoms with E-state index in [9.17, 15) is 4.79 Å². The van der Waals surface area contributed by atoms with Crippen molar-refractivity contribution in [3.05, 3.63) is 77.6 Å². The number of aromatic nitrogens is 4. The number of aryl methyl sites for hydroxylation is 1. The highest BCUT2D eigenvalue weighted by molar-refractivity contribution is 5.66. The highest BCUT2D eigenvalue weighted by Gasteiger charge is 2.22. The van der Waals surface area contributed by atoms with Gasteiger partial charge in [-0.15, -0.1) is 5.10 Å². The van der Waals surface area contributed by atoms with Crippen LogP contribution in [0.25, 0.3) is 0 Å². The van der Waals surface area contributed by atoms with Gasteiger partial charge in [-0.3, -0.25) is 4.79 Å². The molecule has 6 nitrogen and oxygen atoms in total. The first kappa shape index (κ1) is 19.7. The molecule has 0 aliphatic heterocycles. The molecule has 0 saturated carbocycles. The van der Waals surface area contributed by atoms with Gasteiger partial charge in [0, 0.05) is 13.0 Å². The third-order valence-electron chi connectivity index (χ3n) is 4.84. The summed E-state index contributed by atoms with van der Waals surface area (Å²) < 4.78 is 1.90. The van der Waals surface area contributed by atoms with Crippen LogP contribution in [0.4, 0.5) is 0 Å². The van der Waals surface area contributed by atoms with Crippen LogP contribution in [0.3, 0.4) is 0 Å². The average Bonchev–Trinajstić information content (AvgIpc) is 3.17. The van der Waals surface area contributed by atoms with E-state index in [1.807, 2.05) is 41.1 Å². The Morgan fingerprint density at radius 3 is 2.04 bits per heavy atom. The second kappa shape index (κ2) is 10.3. The molecule has 6 heteroatoms. The predicted octanol–water partition coefficient (Wildman–Crippen LogP) is 4.28. The summed E-state index contributed by atoms with van der Waals surface area (Å²) in [5, 5.41) is 21.2. The molecule has 1 aromatic heterocycles. The Morgan fingerprint density at radius 2 is 1.43 bits per heavy atom. The van der Waals surface area contributed by atoms with Crippen LogP contribution in [0, 0.1) is 0 Å². The molecule has 0 amide bonds. The molecule has 0 aliphatic rings. The van der Waals surface area contributed by atoms with Crippen LogP contribution in [0.15, 0.2) is 60.7 Å². The summed E-state index contributed by atoms with van der Waals surface area (Å²) in [4.78, 5) is 10.6. The molecule has 0 saturated heterocycles. The van der Waals surface area contributed by atoms with Gasteiger partial charge in [-0.2, -0.15) is 0 Å². The average molecular weight is 378 g/mol. The van der Waals surface area contributed by atoms with Crippen LogP contribution < -0.4 is 0 Å². The Kier molecular flexibility index (Phi) is 7.29. The second-order valence-electron chi connectivity index (χ2n) is 6.93. The van der Waals surface area contributed by atoms with E-state index in [4.69, 9.17) is 5.11 Å². The zero-order valence-electron chi connectivity index (χ0n) is 15.9. The lowest BCUT2D eigenvalue weighted by molar-refractivity contribution is -0.137. The smallest absolute Gasteiger partial charge is 0.303 e. The summed E-state index contributed by atoms with van der Waals surface area (Å²) in [6, 6.07) is 20.6. The van der Waals surface area contributed by atoms with Gasteiger partial charge in [-0.1, -0.05) is 79.9 Å². The van der Waals surface area contributed by atoms with Crippen molar-refractivity contribution >= 4 is 5.97 Å². The normalized spacial score (nSPS) is 11.0. The fourth-order valence-corrected chi connectivity index (χ4v) is 3.43. The van der Waals surface area contributed by atoms with Crippen molar-refractivity contribution in [2.24, 2.45) is 0 Å². The molecule has 28 heavy (non-hydrogen) atoms. The van der Waals surface area contributed by atoms with Gasteiger partial charge in [0.25, 0.3) is 0 Å². The number of aliphatic carboxylic acids is 1. The van der Waals surface area contributed by atoms with Crippen LogP contribution in [0.2, 0.25) is 0 Å². The quantitative estimate of drug-likeness (QED) is 0.504. The van der Waals surface area contributed by atoms with E-state index in [0.717, 1.165) is 44.5 Å². The van der Waals surface area contributed by atoms with Gasteiger partial charge < -0.3 is 5.11 Å². The molecule has 0 unspecified atom stereocenters. The number of hydrogen-bond donors (Lipinski definition) is 1. The molecule has 0 radical (unpaired) electrons. The number of tetrazole rings is 1. The molecule has 3 rings (SSSR count). The lowest BCUT2D eigenvalue weighted by Crippen LogP contribution is -2.13. The van der Waals surface area contributed by atoms with E-state index in [1.165, 1.54) is 11.1 Å². The minimum absolute atomic E-state index is 0.00651. The largest absolute Gasteiger partial charge is 0.481 e. The second-order valence-corrected chi connectivity index (χ2v) is 6.93. The fraction of sp³-hybridized carbons (Fsp3) is 0.364. The monoisotopic (exact) mass is 378 g/mol. The minimum Gasteiger partial charge on any atom is -0.481 e. The number of unbranched alkanes of at least 4 members (excludes halogenated alkanes) is 4. The SMILES string of the molecule is O=C(O)CCCCCCCn1nnnc1C(c1ccccc1)c1ccccc1. The standard InChI is InChI=1S/C22H26N4O2/c27-20(28)16-10-2-1-3-11-17-26-22(23-24-25-26)21(18-12-6-4-7-13-18)19-14-8-5-9-15-19/h4-9,12-15,21H,1-3,10-11,16-17H2,(H,27,28). The van der Waals surface area contributed by atoms with Crippen molar-refractivity contribution in [3.8, 4) is 0 Å². The lowest BCUT2D eigenvalue weighted by Gasteiger charge is -2.17. The molecule has 146 valence electrons. The number of rotatable bonds is 11. The third-order valence-corrected chi connectivity index (χ3v) is 4.84. The molecule has 0 aliphatic carbocycles. The van der Waals surface area contributed by atoms with E-state index in [1.54, 1.807) is 0 Å². The van der Waals surface area contributed by atoms with Crippen LogP contribution in [-0.4, -0.2) is 31.3 Å².